The number of benzene rings is 1. The molecular weight excluding hydrogens is 400 g/mol. The van der Waals surface area contributed by atoms with E-state index in [1.54, 1.807) is 7.05 Å². The maximum atomic E-state index is 12.7. The molecule has 3 rings (SSSR count). The molecule has 152 valence electrons. The molecule has 0 radical (unpaired) electrons. The normalized spacial score (nSPS) is 18.1. The van der Waals surface area contributed by atoms with E-state index in [0.717, 1.165) is 12.8 Å². The number of amides is 1. The Labute approximate surface area is 170 Å². The zero-order valence-electron chi connectivity index (χ0n) is 15.8. The van der Waals surface area contributed by atoms with Gasteiger partial charge in [-0.05, 0) is 43.4 Å². The van der Waals surface area contributed by atoms with Crippen LogP contribution >= 0.6 is 11.6 Å². The van der Waals surface area contributed by atoms with Gasteiger partial charge in [-0.15, -0.1) is 0 Å². The van der Waals surface area contributed by atoms with Crippen LogP contribution in [0.3, 0.4) is 0 Å². The first kappa shape index (κ1) is 20.8. The van der Waals surface area contributed by atoms with E-state index in [1.165, 1.54) is 26.9 Å². The molecule has 1 aliphatic heterocycles. The van der Waals surface area contributed by atoms with Crippen LogP contribution in [0, 0.1) is 5.92 Å². The van der Waals surface area contributed by atoms with Gasteiger partial charge in [0.1, 0.15) is 4.90 Å². The number of sulfonamides is 1. The molecule has 1 aliphatic rings. The number of aryl methyl sites for hydroxylation is 2. The highest BCUT2D eigenvalue weighted by atomic mass is 35.5. The maximum Gasteiger partial charge on any atom is 0.246 e. The van der Waals surface area contributed by atoms with Gasteiger partial charge in [0.15, 0.2) is 0 Å². The second-order valence-corrected chi connectivity index (χ2v) is 9.45. The van der Waals surface area contributed by atoms with E-state index in [4.69, 9.17) is 11.6 Å². The lowest BCUT2D eigenvalue weighted by Crippen LogP contribution is -2.45. The summed E-state index contributed by atoms with van der Waals surface area (Å²) in [5, 5.41) is 7.59. The molecule has 1 amide bonds. The first-order valence-corrected chi connectivity index (χ1v) is 11.2. The smallest absolute Gasteiger partial charge is 0.246 e. The fourth-order valence-electron chi connectivity index (χ4n) is 3.36. The van der Waals surface area contributed by atoms with Crippen molar-refractivity contribution in [2.75, 3.05) is 19.6 Å². The highest BCUT2D eigenvalue weighted by Gasteiger charge is 2.33. The summed E-state index contributed by atoms with van der Waals surface area (Å²) in [6, 6.07) is 7.67. The third kappa shape index (κ3) is 5.12. The van der Waals surface area contributed by atoms with E-state index < -0.39 is 10.0 Å². The molecule has 1 saturated heterocycles. The van der Waals surface area contributed by atoms with Crippen LogP contribution in [0.4, 0.5) is 0 Å². The van der Waals surface area contributed by atoms with Crippen LogP contribution in [0.15, 0.2) is 41.6 Å². The highest BCUT2D eigenvalue weighted by Crippen LogP contribution is 2.23. The lowest BCUT2D eigenvalue weighted by atomic mass is 9.99. The Morgan fingerprint density at radius 3 is 2.75 bits per heavy atom. The second-order valence-electron chi connectivity index (χ2n) is 7.07. The molecule has 28 heavy (non-hydrogen) atoms. The van der Waals surface area contributed by atoms with Crippen molar-refractivity contribution in [3.05, 3.63) is 47.2 Å². The SMILES string of the molecule is Cn1cc(S(=O)(=O)N2CCC[C@@H](C(=O)NCCCc3ccc(Cl)cc3)C2)cn1. The maximum absolute atomic E-state index is 12.7. The quantitative estimate of drug-likeness (QED) is 0.690. The summed E-state index contributed by atoms with van der Waals surface area (Å²) in [5.74, 6) is -0.405. The molecular formula is C19H25ClN4O3S. The van der Waals surface area contributed by atoms with Crippen LogP contribution in [0.2, 0.25) is 5.02 Å². The molecule has 2 heterocycles. The zero-order chi connectivity index (χ0) is 20.1. The molecule has 1 atom stereocenters. The number of piperidine rings is 1. The van der Waals surface area contributed by atoms with Gasteiger partial charge in [-0.25, -0.2) is 8.42 Å². The average molecular weight is 425 g/mol. The summed E-state index contributed by atoms with van der Waals surface area (Å²) in [6.45, 7) is 1.20. The molecule has 9 heteroatoms. The van der Waals surface area contributed by atoms with E-state index in [0.29, 0.717) is 31.0 Å². The monoisotopic (exact) mass is 424 g/mol. The summed E-state index contributed by atoms with van der Waals surface area (Å²) >= 11 is 5.88. The van der Waals surface area contributed by atoms with Gasteiger partial charge in [0, 0.05) is 37.9 Å². The van der Waals surface area contributed by atoms with Crippen LogP contribution < -0.4 is 5.32 Å². The summed E-state index contributed by atoms with van der Waals surface area (Å²) in [7, 11) is -1.94. The number of nitrogens with zero attached hydrogens (tertiary/aromatic N) is 3. The highest BCUT2D eigenvalue weighted by molar-refractivity contribution is 7.89. The van der Waals surface area contributed by atoms with Gasteiger partial charge in [-0.3, -0.25) is 9.48 Å². The third-order valence-corrected chi connectivity index (χ3v) is 7.00. The van der Waals surface area contributed by atoms with Crippen molar-refractivity contribution in [1.29, 1.82) is 0 Å². The molecule has 1 aromatic carbocycles. The molecule has 0 bridgehead atoms. The van der Waals surface area contributed by atoms with Crippen molar-refractivity contribution in [2.24, 2.45) is 13.0 Å². The minimum absolute atomic E-state index is 0.0813. The number of hydrogen-bond donors (Lipinski definition) is 1. The summed E-state index contributed by atoms with van der Waals surface area (Å²) in [4.78, 5) is 12.7. The van der Waals surface area contributed by atoms with Crippen LogP contribution in [-0.2, 0) is 28.3 Å². The van der Waals surface area contributed by atoms with Gasteiger partial charge in [0.2, 0.25) is 15.9 Å². The molecule has 1 N–H and O–H groups in total. The molecule has 0 unspecified atom stereocenters. The van der Waals surface area contributed by atoms with Gasteiger partial charge in [-0.1, -0.05) is 23.7 Å². The molecule has 7 nitrogen and oxygen atoms in total. The van der Waals surface area contributed by atoms with Gasteiger partial charge in [0.05, 0.1) is 12.1 Å². The fraction of sp³-hybridized carbons (Fsp3) is 0.474. The Balaban J connectivity index is 1.49. The van der Waals surface area contributed by atoms with E-state index in [9.17, 15) is 13.2 Å². The van der Waals surface area contributed by atoms with Gasteiger partial charge >= 0.3 is 0 Å². The summed E-state index contributed by atoms with van der Waals surface area (Å²) in [6.07, 6.45) is 5.86. The van der Waals surface area contributed by atoms with Crippen molar-refractivity contribution >= 4 is 27.5 Å². The largest absolute Gasteiger partial charge is 0.356 e. The number of hydrogen-bond acceptors (Lipinski definition) is 4. The topological polar surface area (TPSA) is 84.3 Å². The lowest BCUT2D eigenvalue weighted by Gasteiger charge is -2.30. The Morgan fingerprint density at radius 1 is 1.32 bits per heavy atom. The summed E-state index contributed by atoms with van der Waals surface area (Å²) in [5.41, 5.74) is 1.17. The molecule has 1 aromatic heterocycles. The molecule has 0 aliphatic carbocycles. The van der Waals surface area contributed by atoms with Crippen LogP contribution in [0.1, 0.15) is 24.8 Å². The van der Waals surface area contributed by atoms with Crippen molar-refractivity contribution in [3.63, 3.8) is 0 Å². The Bertz CT molecular complexity index is 912. The predicted octanol–water partition coefficient (Wildman–Crippen LogP) is 2.22. The number of nitrogens with one attached hydrogen (secondary N) is 1. The minimum Gasteiger partial charge on any atom is -0.356 e. The van der Waals surface area contributed by atoms with Gasteiger partial charge in [-0.2, -0.15) is 9.40 Å². The number of carbonyl (C=O) groups is 1. The van der Waals surface area contributed by atoms with Crippen LogP contribution in [0.5, 0.6) is 0 Å². The van der Waals surface area contributed by atoms with Gasteiger partial charge in [0.25, 0.3) is 0 Å². The first-order valence-electron chi connectivity index (χ1n) is 9.37. The number of carbonyl (C=O) groups excluding carboxylic acids is 1. The van der Waals surface area contributed by atoms with E-state index in [2.05, 4.69) is 10.4 Å². The lowest BCUT2D eigenvalue weighted by molar-refractivity contribution is -0.126. The average Bonchev–Trinajstić information content (AvgIpc) is 3.14. The fourth-order valence-corrected chi connectivity index (χ4v) is 4.99. The number of rotatable bonds is 7. The van der Waals surface area contributed by atoms with Crippen LogP contribution in [-0.4, -0.2) is 48.0 Å². The third-order valence-electron chi connectivity index (χ3n) is 4.93. The molecule has 1 fully saturated rings. The number of aromatic nitrogens is 2. The van der Waals surface area contributed by atoms with Crippen molar-refractivity contribution in [1.82, 2.24) is 19.4 Å². The molecule has 2 aromatic rings. The minimum atomic E-state index is -3.61. The van der Waals surface area contributed by atoms with E-state index in [-0.39, 0.29) is 23.3 Å². The van der Waals surface area contributed by atoms with E-state index >= 15 is 0 Å². The standard InChI is InChI=1S/C19H25ClN4O3S/c1-23-14-18(12-22-23)28(26,27)24-11-3-5-16(13-24)19(25)21-10-2-4-15-6-8-17(20)9-7-15/h6-9,12,14,16H,2-5,10-11,13H2,1H3,(H,21,25)/t16-/m1/s1. The first-order chi connectivity index (χ1) is 13.4. The van der Waals surface area contributed by atoms with Gasteiger partial charge < -0.3 is 5.32 Å². The number of halogens is 1. The summed E-state index contributed by atoms with van der Waals surface area (Å²) < 4.78 is 28.3. The van der Waals surface area contributed by atoms with Crippen molar-refractivity contribution in [3.8, 4) is 0 Å². The predicted molar refractivity (Wildman–Crippen MR) is 107 cm³/mol. The molecule has 0 spiro atoms. The van der Waals surface area contributed by atoms with Crippen molar-refractivity contribution < 1.29 is 13.2 Å². The van der Waals surface area contributed by atoms with E-state index in [1.807, 2.05) is 24.3 Å². The Morgan fingerprint density at radius 2 is 2.07 bits per heavy atom. The van der Waals surface area contributed by atoms with Crippen molar-refractivity contribution in [2.45, 2.75) is 30.6 Å². The van der Waals surface area contributed by atoms with Crippen LogP contribution in [0.25, 0.3) is 0 Å². The zero-order valence-corrected chi connectivity index (χ0v) is 17.4. The Kier molecular flexibility index (Phi) is 6.74. The second kappa shape index (κ2) is 9.07. The Hall–Kier alpha value is -1.90. The molecule has 0 saturated carbocycles.